The molecule has 2 bridgehead atoms. The number of alkyl halides is 3. The number of imide groups is 1. The van der Waals surface area contributed by atoms with Crippen molar-refractivity contribution in [1.29, 1.82) is 5.26 Å². The lowest BCUT2D eigenvalue weighted by Crippen LogP contribution is -2.56. The van der Waals surface area contributed by atoms with Crippen molar-refractivity contribution in [3.8, 4) is 6.07 Å². The maximum Gasteiger partial charge on any atom is 0.417 e. The van der Waals surface area contributed by atoms with Gasteiger partial charge in [0.1, 0.15) is 6.04 Å². The summed E-state index contributed by atoms with van der Waals surface area (Å²) in [5.41, 5.74) is -1.43. The van der Waals surface area contributed by atoms with Gasteiger partial charge in [-0.05, 0) is 35.7 Å². The molecule has 5 rings (SSSR count). The van der Waals surface area contributed by atoms with Crippen LogP contribution in [0.25, 0.3) is 0 Å². The zero-order valence-corrected chi connectivity index (χ0v) is 19.6. The molecule has 0 aromatic heterocycles. The van der Waals surface area contributed by atoms with Crippen LogP contribution < -0.4 is 4.90 Å². The Morgan fingerprint density at radius 3 is 2.64 bits per heavy atom. The van der Waals surface area contributed by atoms with Gasteiger partial charge in [-0.25, -0.2) is 14.6 Å². The van der Waals surface area contributed by atoms with Crippen LogP contribution in [0.2, 0.25) is 5.02 Å². The number of rotatable bonds is 5. The minimum Gasteiger partial charge on any atom is -0.356 e. The monoisotopic (exact) mass is 520 g/mol. The van der Waals surface area contributed by atoms with E-state index in [0.717, 1.165) is 12.1 Å². The van der Waals surface area contributed by atoms with Crippen LogP contribution in [0.4, 0.5) is 23.7 Å². The summed E-state index contributed by atoms with van der Waals surface area (Å²) >= 11 is 6.14. The first-order chi connectivity index (χ1) is 17.0. The molecule has 3 amide bonds. The molecule has 0 saturated carbocycles. The predicted octanol–water partition coefficient (Wildman–Crippen LogP) is 3.56. The van der Waals surface area contributed by atoms with Gasteiger partial charge in [-0.15, -0.1) is 0 Å². The summed E-state index contributed by atoms with van der Waals surface area (Å²) in [4.78, 5) is 30.3. The van der Waals surface area contributed by atoms with Crippen molar-refractivity contribution in [3.05, 3.63) is 64.2 Å². The average molecular weight is 521 g/mol. The van der Waals surface area contributed by atoms with Crippen molar-refractivity contribution in [2.45, 2.75) is 44.2 Å². The number of halogens is 4. The maximum atomic E-state index is 13.5. The van der Waals surface area contributed by atoms with Gasteiger partial charge in [-0.1, -0.05) is 36.7 Å². The third kappa shape index (κ3) is 3.72. The SMILES string of the molecule is C[C@@H]1C2C3C(=O)N(c4ccc(C#N)c(C(F)(F)F)c4)C(=O)N3C1CN2C(O)OCc1ccccc1Cl. The van der Waals surface area contributed by atoms with Gasteiger partial charge in [0.15, 0.2) is 0 Å². The van der Waals surface area contributed by atoms with E-state index in [1.807, 2.05) is 6.92 Å². The van der Waals surface area contributed by atoms with Gasteiger partial charge in [0.05, 0.1) is 35.5 Å². The minimum atomic E-state index is -4.84. The van der Waals surface area contributed by atoms with Crippen LogP contribution in [0, 0.1) is 17.2 Å². The molecule has 0 spiro atoms. The normalized spacial score (nSPS) is 26.5. The summed E-state index contributed by atoms with van der Waals surface area (Å²) in [6.07, 6.45) is -6.22. The van der Waals surface area contributed by atoms with E-state index in [4.69, 9.17) is 21.6 Å². The van der Waals surface area contributed by atoms with Gasteiger partial charge in [0.2, 0.25) is 6.41 Å². The number of urea groups is 1. The Bertz CT molecular complexity index is 1280. The quantitative estimate of drug-likeness (QED) is 0.478. The molecule has 5 atom stereocenters. The van der Waals surface area contributed by atoms with Gasteiger partial charge in [0, 0.05) is 17.6 Å². The largest absolute Gasteiger partial charge is 0.417 e. The number of nitrogens with zero attached hydrogens (tertiary/aromatic N) is 4. The number of likely N-dealkylation sites (tertiary alicyclic amines) is 1. The van der Waals surface area contributed by atoms with Crippen LogP contribution in [0.1, 0.15) is 23.6 Å². The standard InChI is InChI=1S/C24H20ClF3N4O4/c1-12-18-10-30(23(35)36-11-14-4-2-3-5-17(14)25)19(12)20-21(33)31(22(34)32(18)20)15-7-6-13(9-29)16(8-15)24(26,27)28/h2-8,12,18-20,23,35H,10-11H2,1H3/t12-,18?,19?,20?,23?/m0/s1. The molecule has 0 radical (unpaired) electrons. The minimum absolute atomic E-state index is 0.0158. The fourth-order valence-electron chi connectivity index (χ4n) is 5.44. The van der Waals surface area contributed by atoms with Crippen LogP contribution in [0.3, 0.4) is 0 Å². The van der Waals surface area contributed by atoms with Crippen molar-refractivity contribution >= 4 is 29.2 Å². The molecule has 0 aliphatic carbocycles. The number of ether oxygens (including phenoxy) is 1. The lowest BCUT2D eigenvalue weighted by molar-refractivity contribution is -0.213. The van der Waals surface area contributed by atoms with E-state index in [9.17, 15) is 27.9 Å². The van der Waals surface area contributed by atoms with Crippen LogP contribution in [0.5, 0.6) is 0 Å². The first-order valence-corrected chi connectivity index (χ1v) is 11.5. The molecule has 4 unspecified atom stereocenters. The van der Waals surface area contributed by atoms with E-state index in [0.29, 0.717) is 21.6 Å². The number of benzene rings is 2. The summed E-state index contributed by atoms with van der Waals surface area (Å²) in [6, 6.07) is 8.43. The fraction of sp³-hybridized carbons (Fsp3) is 0.375. The van der Waals surface area contributed by atoms with Gasteiger partial charge in [-0.2, -0.15) is 18.4 Å². The van der Waals surface area contributed by atoms with Gasteiger partial charge in [-0.3, -0.25) is 4.79 Å². The number of carbonyl (C=O) groups excluding carboxylic acids is 2. The molecule has 2 aromatic rings. The highest BCUT2D eigenvalue weighted by molar-refractivity contribution is 6.31. The molecule has 36 heavy (non-hydrogen) atoms. The summed E-state index contributed by atoms with van der Waals surface area (Å²) < 4.78 is 46.0. The molecule has 3 fully saturated rings. The number of carbonyl (C=O) groups is 2. The Morgan fingerprint density at radius 2 is 1.97 bits per heavy atom. The van der Waals surface area contributed by atoms with E-state index in [1.54, 1.807) is 29.2 Å². The Balaban J connectivity index is 1.39. The number of piperazine rings is 1. The second-order valence-electron chi connectivity index (χ2n) is 8.99. The molecule has 3 saturated heterocycles. The van der Waals surface area contributed by atoms with Gasteiger partial charge >= 0.3 is 12.2 Å². The van der Waals surface area contributed by atoms with Crippen molar-refractivity contribution < 1.29 is 32.6 Å². The number of anilines is 1. The second-order valence-corrected chi connectivity index (χ2v) is 9.40. The van der Waals surface area contributed by atoms with E-state index in [2.05, 4.69) is 0 Å². The van der Waals surface area contributed by atoms with Crippen molar-refractivity contribution in [2.75, 3.05) is 11.4 Å². The lowest BCUT2D eigenvalue weighted by Gasteiger charge is -2.37. The third-order valence-electron chi connectivity index (χ3n) is 7.11. The van der Waals surface area contributed by atoms with Crippen molar-refractivity contribution in [3.63, 3.8) is 0 Å². The van der Waals surface area contributed by atoms with E-state index in [1.165, 1.54) is 11.0 Å². The molecule has 12 heteroatoms. The Labute approximate surface area is 209 Å². The van der Waals surface area contributed by atoms with E-state index < -0.39 is 53.8 Å². The van der Waals surface area contributed by atoms with Gasteiger partial charge < -0.3 is 14.7 Å². The van der Waals surface area contributed by atoms with Crippen molar-refractivity contribution in [1.82, 2.24) is 9.80 Å². The predicted molar refractivity (Wildman–Crippen MR) is 120 cm³/mol. The zero-order valence-electron chi connectivity index (χ0n) is 18.8. The molecule has 3 aliphatic rings. The van der Waals surface area contributed by atoms with E-state index >= 15 is 0 Å². The smallest absolute Gasteiger partial charge is 0.356 e. The zero-order chi connectivity index (χ0) is 25.9. The summed E-state index contributed by atoms with van der Waals surface area (Å²) in [6.45, 7) is 2.09. The summed E-state index contributed by atoms with van der Waals surface area (Å²) in [5, 5.41) is 20.3. The van der Waals surface area contributed by atoms with Crippen LogP contribution in [-0.4, -0.2) is 57.9 Å². The Morgan fingerprint density at radius 1 is 1.25 bits per heavy atom. The highest BCUT2D eigenvalue weighted by Crippen LogP contribution is 2.47. The molecule has 3 heterocycles. The van der Waals surface area contributed by atoms with Crippen LogP contribution in [0.15, 0.2) is 42.5 Å². The number of amides is 3. The van der Waals surface area contributed by atoms with Gasteiger partial charge in [0.25, 0.3) is 5.91 Å². The number of hydrogen-bond donors (Lipinski definition) is 1. The molecular weight excluding hydrogens is 501 g/mol. The number of aliphatic hydroxyl groups excluding tert-OH is 1. The first kappa shape index (κ1) is 24.5. The molecule has 2 aromatic carbocycles. The first-order valence-electron chi connectivity index (χ1n) is 11.1. The Hall–Kier alpha value is -3.17. The lowest BCUT2D eigenvalue weighted by atomic mass is 9.99. The number of nitriles is 1. The molecule has 1 N–H and O–H groups in total. The molecule has 8 nitrogen and oxygen atoms in total. The number of aliphatic hydroxyl groups is 1. The van der Waals surface area contributed by atoms with Crippen LogP contribution >= 0.6 is 11.6 Å². The third-order valence-corrected chi connectivity index (χ3v) is 7.48. The highest BCUT2D eigenvalue weighted by Gasteiger charge is 2.66. The summed E-state index contributed by atoms with van der Waals surface area (Å²) in [5.74, 6) is -0.879. The highest BCUT2D eigenvalue weighted by atomic mass is 35.5. The Kier molecular flexibility index (Phi) is 5.95. The van der Waals surface area contributed by atoms with Crippen molar-refractivity contribution in [2.24, 2.45) is 5.92 Å². The van der Waals surface area contributed by atoms with E-state index in [-0.39, 0.29) is 24.8 Å². The molecule has 188 valence electrons. The number of hydrogen-bond acceptors (Lipinski definition) is 6. The molecular formula is C24H20ClF3N4O4. The fourth-order valence-corrected chi connectivity index (χ4v) is 5.63. The summed E-state index contributed by atoms with van der Waals surface area (Å²) in [7, 11) is 0. The topological polar surface area (TPSA) is 97.1 Å². The average Bonchev–Trinajstić information content (AvgIpc) is 3.42. The van der Waals surface area contributed by atoms with Crippen LogP contribution in [-0.2, 0) is 22.3 Å². The number of fused-ring (bicyclic) bond motifs is 5. The second kappa shape index (κ2) is 8.74. The maximum absolute atomic E-state index is 13.5. The molecule has 3 aliphatic heterocycles.